The number of unbranched alkanes of at least 4 members (excludes halogenated alkanes) is 1. The maximum atomic E-state index is 4.60. The average Bonchev–Trinajstić information content (AvgIpc) is 2.82. The van der Waals surface area contributed by atoms with Crippen LogP contribution in [-0.4, -0.2) is 21.3 Å². The number of nitrogens with zero attached hydrogens (tertiary/aromatic N) is 3. The van der Waals surface area contributed by atoms with Crippen molar-refractivity contribution in [3.05, 3.63) is 29.8 Å². The summed E-state index contributed by atoms with van der Waals surface area (Å²) in [7, 11) is 0. The maximum absolute atomic E-state index is 4.60. The molecular weight excluding hydrogens is 224 g/mol. The van der Waals surface area contributed by atoms with E-state index < -0.39 is 0 Å². The first kappa shape index (κ1) is 11.3. The number of anilines is 1. The minimum absolute atomic E-state index is 0.759. The largest absolute Gasteiger partial charge is 0.353 e. The molecule has 0 bridgehead atoms. The van der Waals surface area contributed by atoms with Crippen LogP contribution < -0.4 is 5.32 Å². The first-order valence-corrected chi connectivity index (χ1v) is 6.65. The van der Waals surface area contributed by atoms with Crippen molar-refractivity contribution in [2.45, 2.75) is 32.7 Å². The van der Waals surface area contributed by atoms with E-state index in [0.717, 1.165) is 37.7 Å². The van der Waals surface area contributed by atoms with Crippen LogP contribution in [0.3, 0.4) is 0 Å². The molecule has 0 amide bonds. The Hall–Kier alpha value is -1.84. The molecule has 1 aromatic heterocycles. The lowest BCUT2D eigenvalue weighted by Gasteiger charge is -2.15. The van der Waals surface area contributed by atoms with Gasteiger partial charge in [0.2, 0.25) is 5.95 Å². The molecule has 0 spiro atoms. The van der Waals surface area contributed by atoms with Gasteiger partial charge in [-0.15, -0.1) is 5.10 Å². The number of benzene rings is 1. The highest BCUT2D eigenvalue weighted by molar-refractivity contribution is 5.63. The van der Waals surface area contributed by atoms with Gasteiger partial charge in [-0.05, 0) is 18.4 Å². The van der Waals surface area contributed by atoms with Gasteiger partial charge in [-0.1, -0.05) is 37.6 Å². The van der Waals surface area contributed by atoms with Crippen LogP contribution in [0.25, 0.3) is 11.4 Å². The van der Waals surface area contributed by atoms with Crippen molar-refractivity contribution >= 4 is 5.95 Å². The van der Waals surface area contributed by atoms with E-state index in [1.807, 2.05) is 4.68 Å². The number of nitrogens with one attached hydrogen (secondary N) is 1. The minimum atomic E-state index is 0.759. The fraction of sp³-hybridized carbons (Fsp3) is 0.429. The van der Waals surface area contributed by atoms with Crippen LogP contribution in [0.2, 0.25) is 0 Å². The van der Waals surface area contributed by atoms with Crippen molar-refractivity contribution in [3.8, 4) is 11.4 Å². The van der Waals surface area contributed by atoms with Gasteiger partial charge in [0.05, 0.1) is 0 Å². The Labute approximate surface area is 107 Å². The summed E-state index contributed by atoms with van der Waals surface area (Å²) in [6, 6.07) is 8.46. The van der Waals surface area contributed by atoms with Crippen LogP contribution in [-0.2, 0) is 13.0 Å². The van der Waals surface area contributed by atoms with Crippen LogP contribution in [0, 0.1) is 0 Å². The lowest BCUT2D eigenvalue weighted by molar-refractivity contribution is 0.606. The quantitative estimate of drug-likeness (QED) is 0.838. The molecule has 2 aromatic rings. The summed E-state index contributed by atoms with van der Waals surface area (Å²) in [5.74, 6) is 1.76. The molecule has 1 aromatic carbocycles. The fourth-order valence-corrected chi connectivity index (χ4v) is 2.33. The molecule has 0 radical (unpaired) electrons. The van der Waals surface area contributed by atoms with Crippen molar-refractivity contribution in [1.29, 1.82) is 0 Å². The number of aromatic nitrogens is 3. The molecular formula is C14H18N4. The monoisotopic (exact) mass is 242 g/mol. The summed E-state index contributed by atoms with van der Waals surface area (Å²) >= 11 is 0. The molecule has 4 heteroatoms. The number of hydrogen-bond acceptors (Lipinski definition) is 3. The smallest absolute Gasteiger partial charge is 0.242 e. The van der Waals surface area contributed by atoms with Gasteiger partial charge in [0.15, 0.2) is 5.82 Å². The van der Waals surface area contributed by atoms with Crippen molar-refractivity contribution in [3.63, 3.8) is 0 Å². The van der Waals surface area contributed by atoms with E-state index in [-0.39, 0.29) is 0 Å². The van der Waals surface area contributed by atoms with Gasteiger partial charge >= 0.3 is 0 Å². The number of aryl methyl sites for hydroxylation is 2. The van der Waals surface area contributed by atoms with Crippen molar-refractivity contribution in [2.75, 3.05) is 11.9 Å². The molecule has 1 aliphatic rings. The predicted molar refractivity (Wildman–Crippen MR) is 72.6 cm³/mol. The highest BCUT2D eigenvalue weighted by Crippen LogP contribution is 2.27. The lowest BCUT2D eigenvalue weighted by Crippen LogP contribution is -2.12. The first-order chi connectivity index (χ1) is 8.88. The van der Waals surface area contributed by atoms with Crippen molar-refractivity contribution < 1.29 is 0 Å². The van der Waals surface area contributed by atoms with E-state index in [2.05, 4.69) is 46.6 Å². The van der Waals surface area contributed by atoms with E-state index in [4.69, 9.17) is 0 Å². The SMILES string of the molecule is CCCCNc1nc2n(n1)CCc1ccccc1-2. The Morgan fingerprint density at radius 2 is 2.22 bits per heavy atom. The van der Waals surface area contributed by atoms with Crippen LogP contribution in [0.5, 0.6) is 0 Å². The number of hydrogen-bond donors (Lipinski definition) is 1. The molecule has 1 aliphatic heterocycles. The van der Waals surface area contributed by atoms with Gasteiger partial charge < -0.3 is 5.32 Å². The Balaban J connectivity index is 1.87. The Bertz CT molecular complexity index is 544. The predicted octanol–water partition coefficient (Wildman–Crippen LogP) is 2.71. The number of rotatable bonds is 4. The molecule has 0 unspecified atom stereocenters. The zero-order valence-corrected chi connectivity index (χ0v) is 10.7. The molecule has 2 heterocycles. The van der Waals surface area contributed by atoms with Gasteiger partial charge in [-0.25, -0.2) is 4.68 Å². The second-order valence-electron chi connectivity index (χ2n) is 4.67. The molecule has 3 rings (SSSR count). The summed E-state index contributed by atoms with van der Waals surface area (Å²) in [6.07, 6.45) is 3.38. The third-order valence-corrected chi connectivity index (χ3v) is 3.34. The molecule has 0 atom stereocenters. The third-order valence-electron chi connectivity index (χ3n) is 3.34. The molecule has 4 nitrogen and oxygen atoms in total. The fourth-order valence-electron chi connectivity index (χ4n) is 2.33. The van der Waals surface area contributed by atoms with Crippen LogP contribution >= 0.6 is 0 Å². The Morgan fingerprint density at radius 1 is 1.33 bits per heavy atom. The molecule has 18 heavy (non-hydrogen) atoms. The lowest BCUT2D eigenvalue weighted by atomic mass is 10.0. The molecule has 0 saturated heterocycles. The Kier molecular flexibility index (Phi) is 3.00. The van der Waals surface area contributed by atoms with E-state index in [1.54, 1.807) is 0 Å². The van der Waals surface area contributed by atoms with Crippen LogP contribution in [0.15, 0.2) is 24.3 Å². The van der Waals surface area contributed by atoms with E-state index >= 15 is 0 Å². The van der Waals surface area contributed by atoms with E-state index in [0.29, 0.717) is 0 Å². The zero-order chi connectivity index (χ0) is 12.4. The summed E-state index contributed by atoms with van der Waals surface area (Å²) in [6.45, 7) is 4.06. The molecule has 1 N–H and O–H groups in total. The number of fused-ring (bicyclic) bond motifs is 3. The standard InChI is InChI=1S/C14H18N4/c1-2-3-9-15-14-16-13-12-7-5-4-6-11(12)8-10-18(13)17-14/h4-7H,2-3,8-10H2,1H3,(H,15,17). The van der Waals surface area contributed by atoms with Gasteiger partial charge in [0.25, 0.3) is 0 Å². The normalized spacial score (nSPS) is 12.9. The molecule has 0 aliphatic carbocycles. The third kappa shape index (κ3) is 1.98. The van der Waals surface area contributed by atoms with Crippen LogP contribution in [0.4, 0.5) is 5.95 Å². The molecule has 0 fully saturated rings. The van der Waals surface area contributed by atoms with Crippen LogP contribution in [0.1, 0.15) is 25.3 Å². The van der Waals surface area contributed by atoms with Crippen molar-refractivity contribution in [2.24, 2.45) is 0 Å². The minimum Gasteiger partial charge on any atom is -0.353 e. The van der Waals surface area contributed by atoms with E-state index in [9.17, 15) is 0 Å². The molecule has 94 valence electrons. The van der Waals surface area contributed by atoms with E-state index in [1.165, 1.54) is 17.5 Å². The average molecular weight is 242 g/mol. The summed E-state index contributed by atoms with van der Waals surface area (Å²) in [5.41, 5.74) is 2.59. The maximum Gasteiger partial charge on any atom is 0.242 e. The highest BCUT2D eigenvalue weighted by Gasteiger charge is 2.19. The van der Waals surface area contributed by atoms with Crippen molar-refractivity contribution in [1.82, 2.24) is 14.8 Å². The second-order valence-corrected chi connectivity index (χ2v) is 4.67. The van der Waals surface area contributed by atoms with Gasteiger partial charge in [-0.2, -0.15) is 4.98 Å². The van der Waals surface area contributed by atoms with Gasteiger partial charge in [-0.3, -0.25) is 0 Å². The summed E-state index contributed by atoms with van der Waals surface area (Å²) in [4.78, 5) is 4.60. The summed E-state index contributed by atoms with van der Waals surface area (Å²) in [5, 5.41) is 7.81. The second kappa shape index (κ2) is 4.80. The summed E-state index contributed by atoms with van der Waals surface area (Å²) < 4.78 is 2.01. The van der Waals surface area contributed by atoms with Gasteiger partial charge in [0, 0.05) is 18.7 Å². The zero-order valence-electron chi connectivity index (χ0n) is 10.7. The molecule has 0 saturated carbocycles. The Morgan fingerprint density at radius 3 is 3.11 bits per heavy atom. The first-order valence-electron chi connectivity index (χ1n) is 6.65. The highest BCUT2D eigenvalue weighted by atomic mass is 15.4. The van der Waals surface area contributed by atoms with Gasteiger partial charge in [0.1, 0.15) is 0 Å². The topological polar surface area (TPSA) is 42.7 Å².